The van der Waals surface area contributed by atoms with Crippen LogP contribution in [0.5, 0.6) is 0 Å². The van der Waals surface area contributed by atoms with E-state index in [4.69, 9.17) is 11.6 Å². The van der Waals surface area contributed by atoms with Gasteiger partial charge >= 0.3 is 6.18 Å². The summed E-state index contributed by atoms with van der Waals surface area (Å²) in [5.41, 5.74) is -1.25. The Hall–Kier alpha value is -1.89. The third kappa shape index (κ3) is 7.61. The van der Waals surface area contributed by atoms with Crippen molar-refractivity contribution in [3.63, 3.8) is 0 Å². The molecule has 1 aliphatic rings. The lowest BCUT2D eigenvalue weighted by atomic mass is 10.2. The van der Waals surface area contributed by atoms with Crippen LogP contribution in [0, 0.1) is 0 Å². The SMILES string of the molecule is CC(C)NC(=O)CN1CCN(C(=O)CCNS(=O)(=O)c2ccc(Cl)c(C(F)(F)F)c2)CC1. The van der Waals surface area contributed by atoms with Crippen LogP contribution in [0.25, 0.3) is 0 Å². The standard InChI is InChI=1S/C19H26ClF3N4O4S/c1-13(2)25-17(28)12-26-7-9-27(10-8-26)18(29)5-6-24-32(30,31)14-3-4-16(20)15(11-14)19(21,22)23/h3-4,11,13,24H,5-10,12H2,1-2H3,(H,25,28). The van der Waals surface area contributed by atoms with Crippen LogP contribution in [0.1, 0.15) is 25.8 Å². The summed E-state index contributed by atoms with van der Waals surface area (Å²) >= 11 is 5.51. The maximum absolute atomic E-state index is 13.0. The Morgan fingerprint density at radius 3 is 2.34 bits per heavy atom. The van der Waals surface area contributed by atoms with Crippen LogP contribution >= 0.6 is 11.6 Å². The highest BCUT2D eigenvalue weighted by atomic mass is 35.5. The van der Waals surface area contributed by atoms with E-state index < -0.39 is 31.7 Å². The summed E-state index contributed by atoms with van der Waals surface area (Å²) in [5.74, 6) is -0.379. The number of halogens is 4. The van der Waals surface area contributed by atoms with Crippen molar-refractivity contribution in [1.82, 2.24) is 19.8 Å². The molecule has 0 radical (unpaired) electrons. The van der Waals surface area contributed by atoms with Crippen LogP contribution in [-0.2, 0) is 25.8 Å². The maximum atomic E-state index is 13.0. The molecule has 2 rings (SSSR count). The number of amides is 2. The van der Waals surface area contributed by atoms with Gasteiger partial charge in [0.05, 0.1) is 22.0 Å². The minimum Gasteiger partial charge on any atom is -0.353 e. The van der Waals surface area contributed by atoms with Crippen molar-refractivity contribution in [2.45, 2.75) is 37.4 Å². The van der Waals surface area contributed by atoms with Crippen molar-refractivity contribution >= 4 is 33.4 Å². The Balaban J connectivity index is 1.84. The van der Waals surface area contributed by atoms with Crippen molar-refractivity contribution in [3.8, 4) is 0 Å². The molecule has 0 spiro atoms. The second-order valence-corrected chi connectivity index (χ2v) is 9.84. The number of piperazine rings is 1. The molecule has 13 heteroatoms. The van der Waals surface area contributed by atoms with Crippen LogP contribution in [0.4, 0.5) is 13.2 Å². The number of carbonyl (C=O) groups is 2. The molecule has 1 aromatic carbocycles. The van der Waals surface area contributed by atoms with Crippen LogP contribution in [0.2, 0.25) is 5.02 Å². The zero-order chi connectivity index (χ0) is 24.1. The summed E-state index contributed by atoms with van der Waals surface area (Å²) in [4.78, 5) is 27.1. The van der Waals surface area contributed by atoms with Crippen LogP contribution in [0.15, 0.2) is 23.1 Å². The van der Waals surface area contributed by atoms with Gasteiger partial charge in [0.1, 0.15) is 0 Å². The Morgan fingerprint density at radius 1 is 1.16 bits per heavy atom. The molecule has 0 aliphatic carbocycles. The van der Waals surface area contributed by atoms with Gasteiger partial charge < -0.3 is 10.2 Å². The lowest BCUT2D eigenvalue weighted by Crippen LogP contribution is -2.51. The molecule has 1 fully saturated rings. The zero-order valence-corrected chi connectivity index (χ0v) is 19.3. The van der Waals surface area contributed by atoms with Gasteiger partial charge in [0.2, 0.25) is 21.8 Å². The molecular weight excluding hydrogens is 473 g/mol. The number of sulfonamides is 1. The molecule has 1 heterocycles. The number of nitrogens with zero attached hydrogens (tertiary/aromatic N) is 2. The molecule has 1 saturated heterocycles. The number of benzene rings is 1. The highest BCUT2D eigenvalue weighted by molar-refractivity contribution is 7.89. The largest absolute Gasteiger partial charge is 0.417 e. The van der Waals surface area contributed by atoms with E-state index in [1.807, 2.05) is 18.7 Å². The number of hydrogen-bond donors (Lipinski definition) is 2. The Morgan fingerprint density at radius 2 is 1.78 bits per heavy atom. The molecular formula is C19H26ClF3N4O4S. The first kappa shape index (κ1) is 26.4. The zero-order valence-electron chi connectivity index (χ0n) is 17.7. The smallest absolute Gasteiger partial charge is 0.353 e. The van der Waals surface area contributed by atoms with Gasteiger partial charge in [-0.1, -0.05) is 11.6 Å². The van der Waals surface area contributed by atoms with Crippen LogP contribution < -0.4 is 10.0 Å². The fourth-order valence-electron chi connectivity index (χ4n) is 3.15. The van der Waals surface area contributed by atoms with Crippen molar-refractivity contribution in [2.24, 2.45) is 0 Å². The second kappa shape index (κ2) is 10.8. The van der Waals surface area contributed by atoms with Crippen molar-refractivity contribution in [3.05, 3.63) is 28.8 Å². The third-order valence-corrected chi connectivity index (χ3v) is 6.51. The fourth-order valence-corrected chi connectivity index (χ4v) is 4.43. The number of rotatable bonds is 8. The molecule has 8 nitrogen and oxygen atoms in total. The molecule has 0 bridgehead atoms. The summed E-state index contributed by atoms with van der Waals surface area (Å²) in [6.07, 6.45) is -4.94. The highest BCUT2D eigenvalue weighted by Crippen LogP contribution is 2.35. The molecule has 0 aromatic heterocycles. The van der Waals surface area contributed by atoms with Gasteiger partial charge in [0, 0.05) is 45.2 Å². The van der Waals surface area contributed by atoms with E-state index in [0.717, 1.165) is 12.1 Å². The van der Waals surface area contributed by atoms with E-state index in [1.165, 1.54) is 0 Å². The predicted molar refractivity (Wildman–Crippen MR) is 113 cm³/mol. The van der Waals surface area contributed by atoms with E-state index >= 15 is 0 Å². The lowest BCUT2D eigenvalue weighted by molar-refractivity contribution is -0.137. The van der Waals surface area contributed by atoms with E-state index in [2.05, 4.69) is 10.0 Å². The van der Waals surface area contributed by atoms with E-state index in [-0.39, 0.29) is 37.4 Å². The average molecular weight is 499 g/mol. The van der Waals surface area contributed by atoms with Crippen molar-refractivity contribution < 1.29 is 31.2 Å². The number of nitrogens with one attached hydrogen (secondary N) is 2. The van der Waals surface area contributed by atoms with Gasteiger partial charge in [-0.3, -0.25) is 14.5 Å². The quantitative estimate of drug-likeness (QED) is 0.568. The Kier molecular flexibility index (Phi) is 8.91. The van der Waals surface area contributed by atoms with Gasteiger partial charge in [-0.25, -0.2) is 13.1 Å². The van der Waals surface area contributed by atoms with Gasteiger partial charge in [0.25, 0.3) is 0 Å². The first-order valence-corrected chi connectivity index (χ1v) is 11.8. The fraction of sp³-hybridized carbons (Fsp3) is 0.579. The molecule has 180 valence electrons. The van der Waals surface area contributed by atoms with Crippen LogP contribution in [0.3, 0.4) is 0 Å². The van der Waals surface area contributed by atoms with E-state index in [9.17, 15) is 31.2 Å². The summed E-state index contributed by atoms with van der Waals surface area (Å²) in [5, 5.41) is 2.19. The van der Waals surface area contributed by atoms with Crippen molar-refractivity contribution in [1.29, 1.82) is 0 Å². The van der Waals surface area contributed by atoms with Gasteiger partial charge in [0.15, 0.2) is 0 Å². The van der Waals surface area contributed by atoms with Gasteiger partial charge in [-0.05, 0) is 32.0 Å². The minimum absolute atomic E-state index is 0.0436. The monoisotopic (exact) mass is 498 g/mol. The van der Waals surface area contributed by atoms with Crippen molar-refractivity contribution in [2.75, 3.05) is 39.3 Å². The molecule has 1 aliphatic heterocycles. The van der Waals surface area contributed by atoms with Gasteiger partial charge in [-0.15, -0.1) is 0 Å². The van der Waals surface area contributed by atoms with Crippen LogP contribution in [-0.4, -0.2) is 75.3 Å². The molecule has 0 saturated carbocycles. The van der Waals surface area contributed by atoms with E-state index in [1.54, 1.807) is 4.90 Å². The molecule has 32 heavy (non-hydrogen) atoms. The summed E-state index contributed by atoms with van der Waals surface area (Å²) in [7, 11) is -4.25. The Bertz CT molecular complexity index is 933. The minimum atomic E-state index is -4.80. The molecule has 2 amide bonds. The highest BCUT2D eigenvalue weighted by Gasteiger charge is 2.34. The molecule has 2 N–H and O–H groups in total. The topological polar surface area (TPSA) is 98.8 Å². The number of alkyl halides is 3. The summed E-state index contributed by atoms with van der Waals surface area (Å²) < 4.78 is 65.6. The molecule has 0 atom stereocenters. The number of hydrogen-bond acceptors (Lipinski definition) is 5. The maximum Gasteiger partial charge on any atom is 0.417 e. The summed E-state index contributed by atoms with van der Waals surface area (Å²) in [6.45, 7) is 5.51. The number of carbonyl (C=O) groups excluding carboxylic acids is 2. The molecule has 1 aromatic rings. The normalized spacial score (nSPS) is 15.8. The third-order valence-electron chi connectivity index (χ3n) is 4.73. The first-order chi connectivity index (χ1) is 14.8. The van der Waals surface area contributed by atoms with E-state index in [0.29, 0.717) is 32.2 Å². The van der Waals surface area contributed by atoms with Gasteiger partial charge in [-0.2, -0.15) is 13.2 Å². The Labute approximate surface area is 190 Å². The summed E-state index contributed by atoms with van der Waals surface area (Å²) in [6, 6.07) is 2.34. The predicted octanol–water partition coefficient (Wildman–Crippen LogP) is 1.70. The first-order valence-electron chi connectivity index (χ1n) is 9.95. The molecule has 0 unspecified atom stereocenters. The average Bonchev–Trinajstić information content (AvgIpc) is 2.66. The second-order valence-electron chi connectivity index (χ2n) is 7.67. The lowest BCUT2D eigenvalue weighted by Gasteiger charge is -2.34.